The first-order chi connectivity index (χ1) is 12.7. The summed E-state index contributed by atoms with van der Waals surface area (Å²) in [6.45, 7) is 8.29. The third kappa shape index (κ3) is 6.31. The van der Waals surface area contributed by atoms with Crippen LogP contribution in [-0.4, -0.2) is 35.0 Å². The number of halogens is 1. The van der Waals surface area contributed by atoms with E-state index in [9.17, 15) is 9.59 Å². The summed E-state index contributed by atoms with van der Waals surface area (Å²) in [5, 5.41) is 0. The van der Waals surface area contributed by atoms with Gasteiger partial charge in [-0.2, -0.15) is 0 Å². The molecule has 0 radical (unpaired) electrons. The standard InChI is InChI=1S/C21H28INO4/c1-5-9-17-19(22)18(24)12-16(23(17)20(25)27-21(2,3)4)14-26-13-15-10-7-6-8-11-15/h6-8,10-11,16H,5,9,12-14H2,1-4H3/t16-/m1/s1. The molecule has 0 aliphatic carbocycles. The predicted octanol–water partition coefficient (Wildman–Crippen LogP) is 5.23. The molecule has 0 fully saturated rings. The molecule has 6 heteroatoms. The third-order valence-corrected chi connectivity index (χ3v) is 5.30. The molecule has 1 atom stereocenters. The Morgan fingerprint density at radius 2 is 1.93 bits per heavy atom. The van der Waals surface area contributed by atoms with E-state index in [4.69, 9.17) is 9.47 Å². The fourth-order valence-electron chi connectivity index (χ4n) is 2.94. The topological polar surface area (TPSA) is 55.8 Å². The fourth-order valence-corrected chi connectivity index (χ4v) is 3.69. The molecule has 1 aromatic carbocycles. The number of rotatable bonds is 6. The Labute approximate surface area is 175 Å². The summed E-state index contributed by atoms with van der Waals surface area (Å²) < 4.78 is 12.1. The lowest BCUT2D eigenvalue weighted by atomic mass is 10.0. The highest BCUT2D eigenvalue weighted by atomic mass is 127. The Morgan fingerprint density at radius 3 is 2.52 bits per heavy atom. The second kappa shape index (κ2) is 9.68. The maximum atomic E-state index is 12.9. The number of amides is 1. The largest absolute Gasteiger partial charge is 0.443 e. The van der Waals surface area contributed by atoms with Crippen LogP contribution in [0.4, 0.5) is 4.79 Å². The monoisotopic (exact) mass is 485 g/mol. The first kappa shape index (κ1) is 21.9. The van der Waals surface area contributed by atoms with Gasteiger partial charge in [0.25, 0.3) is 0 Å². The van der Waals surface area contributed by atoms with E-state index in [1.165, 1.54) is 0 Å². The molecule has 0 N–H and O–H groups in total. The summed E-state index contributed by atoms with van der Waals surface area (Å²) in [4.78, 5) is 27.0. The van der Waals surface area contributed by atoms with Crippen molar-refractivity contribution >= 4 is 34.5 Å². The summed E-state index contributed by atoms with van der Waals surface area (Å²) in [7, 11) is 0. The van der Waals surface area contributed by atoms with Crippen LogP contribution in [0.2, 0.25) is 0 Å². The van der Waals surface area contributed by atoms with Crippen molar-refractivity contribution in [3.8, 4) is 0 Å². The highest BCUT2D eigenvalue weighted by molar-refractivity contribution is 14.1. The Balaban J connectivity index is 2.18. The van der Waals surface area contributed by atoms with E-state index >= 15 is 0 Å². The van der Waals surface area contributed by atoms with Crippen molar-refractivity contribution in [3.05, 3.63) is 45.2 Å². The van der Waals surface area contributed by atoms with Crippen molar-refractivity contribution < 1.29 is 19.1 Å². The van der Waals surface area contributed by atoms with Crippen LogP contribution in [0.1, 0.15) is 52.5 Å². The van der Waals surface area contributed by atoms with Gasteiger partial charge in [0, 0.05) is 12.1 Å². The van der Waals surface area contributed by atoms with Gasteiger partial charge in [-0.1, -0.05) is 43.7 Å². The summed E-state index contributed by atoms with van der Waals surface area (Å²) in [5.74, 6) is 0.0622. The zero-order valence-electron chi connectivity index (χ0n) is 16.5. The maximum absolute atomic E-state index is 12.9. The second-order valence-electron chi connectivity index (χ2n) is 7.64. The molecule has 0 unspecified atom stereocenters. The van der Waals surface area contributed by atoms with Crippen molar-refractivity contribution in [3.63, 3.8) is 0 Å². The van der Waals surface area contributed by atoms with Crippen LogP contribution in [-0.2, 0) is 20.9 Å². The lowest BCUT2D eigenvalue weighted by molar-refractivity contribution is -0.117. The van der Waals surface area contributed by atoms with E-state index in [2.05, 4.69) is 22.6 Å². The number of ketones is 1. The van der Waals surface area contributed by atoms with Gasteiger partial charge in [-0.3, -0.25) is 9.69 Å². The highest BCUT2D eigenvalue weighted by Gasteiger charge is 2.38. The number of Topliss-reactive ketones (excluding diaryl/α,β-unsaturated/α-hetero) is 1. The van der Waals surface area contributed by atoms with E-state index in [1.807, 2.05) is 58.0 Å². The number of carbonyl (C=O) groups excluding carboxylic acids is 2. The molecule has 2 rings (SSSR count). The van der Waals surface area contributed by atoms with Gasteiger partial charge in [-0.05, 0) is 55.3 Å². The molecule has 0 bridgehead atoms. The quantitative estimate of drug-likeness (QED) is 0.518. The number of hydrogen-bond acceptors (Lipinski definition) is 4. The Bertz CT molecular complexity index is 694. The van der Waals surface area contributed by atoms with E-state index in [0.29, 0.717) is 16.6 Å². The van der Waals surface area contributed by atoms with Gasteiger partial charge < -0.3 is 9.47 Å². The second-order valence-corrected chi connectivity index (χ2v) is 8.72. The molecule has 1 amide bonds. The molecular formula is C21H28INO4. The minimum atomic E-state index is -0.600. The zero-order chi connectivity index (χ0) is 20.0. The van der Waals surface area contributed by atoms with Crippen molar-refractivity contribution in [2.24, 2.45) is 0 Å². The molecule has 1 heterocycles. The average molecular weight is 485 g/mol. The first-order valence-electron chi connectivity index (χ1n) is 9.28. The number of benzene rings is 1. The van der Waals surface area contributed by atoms with E-state index in [1.54, 1.807) is 4.90 Å². The van der Waals surface area contributed by atoms with E-state index < -0.39 is 11.7 Å². The van der Waals surface area contributed by atoms with Gasteiger partial charge >= 0.3 is 6.09 Å². The molecule has 1 aromatic rings. The molecule has 1 aliphatic rings. The normalized spacial score (nSPS) is 18.0. The third-order valence-electron chi connectivity index (χ3n) is 4.07. The highest BCUT2D eigenvalue weighted by Crippen LogP contribution is 2.33. The summed E-state index contributed by atoms with van der Waals surface area (Å²) in [6.07, 6.45) is 1.32. The van der Waals surface area contributed by atoms with Gasteiger partial charge in [-0.25, -0.2) is 4.79 Å². The van der Waals surface area contributed by atoms with Crippen molar-refractivity contribution in [1.29, 1.82) is 0 Å². The number of carbonyl (C=O) groups is 2. The number of nitrogens with zero attached hydrogens (tertiary/aromatic N) is 1. The molecular weight excluding hydrogens is 457 g/mol. The van der Waals surface area contributed by atoms with Crippen LogP contribution < -0.4 is 0 Å². The fraction of sp³-hybridized carbons (Fsp3) is 0.524. The minimum Gasteiger partial charge on any atom is -0.443 e. The van der Waals surface area contributed by atoms with Crippen molar-refractivity contribution in [2.45, 2.75) is 65.2 Å². The molecule has 1 aliphatic heterocycles. The van der Waals surface area contributed by atoms with Gasteiger partial charge in [-0.15, -0.1) is 0 Å². The first-order valence-corrected chi connectivity index (χ1v) is 10.4. The van der Waals surface area contributed by atoms with Gasteiger partial charge in [0.05, 0.1) is 22.8 Å². The van der Waals surface area contributed by atoms with Crippen LogP contribution in [0.25, 0.3) is 0 Å². The number of hydrogen-bond donors (Lipinski definition) is 0. The van der Waals surface area contributed by atoms with Crippen molar-refractivity contribution in [2.75, 3.05) is 6.61 Å². The van der Waals surface area contributed by atoms with Crippen LogP contribution in [0.3, 0.4) is 0 Å². The van der Waals surface area contributed by atoms with Crippen LogP contribution in [0.15, 0.2) is 39.6 Å². The maximum Gasteiger partial charge on any atom is 0.414 e. The van der Waals surface area contributed by atoms with Gasteiger partial charge in [0.15, 0.2) is 5.78 Å². The van der Waals surface area contributed by atoms with E-state index in [-0.39, 0.29) is 24.9 Å². The van der Waals surface area contributed by atoms with Crippen LogP contribution in [0, 0.1) is 0 Å². The average Bonchev–Trinajstić information content (AvgIpc) is 2.58. The van der Waals surface area contributed by atoms with E-state index in [0.717, 1.165) is 17.7 Å². The molecule has 0 saturated heterocycles. The summed E-state index contributed by atoms with van der Waals surface area (Å²) in [6, 6.07) is 9.50. The number of allylic oxidation sites excluding steroid dienone is 2. The Hall–Kier alpha value is -1.41. The lowest BCUT2D eigenvalue weighted by Gasteiger charge is -2.38. The summed E-state index contributed by atoms with van der Waals surface area (Å²) >= 11 is 2.05. The predicted molar refractivity (Wildman–Crippen MR) is 114 cm³/mol. The molecule has 0 aromatic heterocycles. The SMILES string of the molecule is CCCC1=C(I)C(=O)C[C@H](COCc2ccccc2)N1C(=O)OC(C)(C)C. The molecule has 0 saturated carbocycles. The van der Waals surface area contributed by atoms with Crippen LogP contribution in [0.5, 0.6) is 0 Å². The Morgan fingerprint density at radius 1 is 1.26 bits per heavy atom. The minimum absolute atomic E-state index is 0.0622. The molecule has 0 spiro atoms. The molecule has 27 heavy (non-hydrogen) atoms. The molecule has 148 valence electrons. The number of ether oxygens (including phenoxy) is 2. The lowest BCUT2D eigenvalue weighted by Crippen LogP contribution is -2.48. The smallest absolute Gasteiger partial charge is 0.414 e. The Kier molecular flexibility index (Phi) is 7.85. The van der Waals surface area contributed by atoms with Gasteiger partial charge in [0.2, 0.25) is 0 Å². The zero-order valence-corrected chi connectivity index (χ0v) is 18.6. The van der Waals surface area contributed by atoms with Gasteiger partial charge in [0.1, 0.15) is 5.60 Å². The molecule has 5 nitrogen and oxygen atoms in total. The van der Waals surface area contributed by atoms with Crippen molar-refractivity contribution in [1.82, 2.24) is 4.90 Å². The summed E-state index contributed by atoms with van der Waals surface area (Å²) in [5.41, 5.74) is 1.20. The van der Waals surface area contributed by atoms with Crippen LogP contribution >= 0.6 is 22.6 Å².